The summed E-state index contributed by atoms with van der Waals surface area (Å²) in [6, 6.07) is 4.32. The Morgan fingerprint density at radius 3 is 3.06 bits per heavy atom. The van der Waals surface area contributed by atoms with Crippen LogP contribution in [0.5, 0.6) is 0 Å². The lowest BCUT2D eigenvalue weighted by Gasteiger charge is -2.10. The molecule has 0 amide bonds. The molecule has 2 aromatic rings. The third-order valence-electron chi connectivity index (χ3n) is 2.39. The van der Waals surface area contributed by atoms with Crippen molar-refractivity contribution in [3.63, 3.8) is 0 Å². The maximum Gasteiger partial charge on any atom is 0.105 e. The lowest BCUT2D eigenvalue weighted by molar-refractivity contribution is 0.455. The molecule has 1 N–H and O–H groups in total. The van der Waals surface area contributed by atoms with E-state index in [0.29, 0.717) is 6.04 Å². The van der Waals surface area contributed by atoms with Gasteiger partial charge in [-0.2, -0.15) is 0 Å². The zero-order chi connectivity index (χ0) is 11.4. The van der Waals surface area contributed by atoms with Gasteiger partial charge in [0.05, 0.1) is 17.0 Å². The van der Waals surface area contributed by atoms with Crippen molar-refractivity contribution in [1.29, 1.82) is 0 Å². The topological polar surface area (TPSA) is 38.1 Å². The highest BCUT2D eigenvalue weighted by Crippen LogP contribution is 2.08. The van der Waals surface area contributed by atoms with E-state index in [2.05, 4.69) is 22.6 Å². The summed E-state index contributed by atoms with van der Waals surface area (Å²) in [6.45, 7) is 5.01. The Morgan fingerprint density at radius 2 is 2.44 bits per heavy atom. The van der Waals surface area contributed by atoms with Crippen LogP contribution in [0.15, 0.2) is 28.2 Å². The molecule has 86 valence electrons. The van der Waals surface area contributed by atoms with Gasteiger partial charge >= 0.3 is 0 Å². The minimum absolute atomic E-state index is 0.396. The third kappa shape index (κ3) is 3.18. The van der Waals surface area contributed by atoms with Gasteiger partial charge in [-0.3, -0.25) is 0 Å². The van der Waals surface area contributed by atoms with Gasteiger partial charge in [-0.1, -0.05) is 0 Å². The Morgan fingerprint density at radius 1 is 1.56 bits per heavy atom. The van der Waals surface area contributed by atoms with Gasteiger partial charge in [0.1, 0.15) is 5.76 Å². The molecular formula is C12H16N2OS. The van der Waals surface area contributed by atoms with Gasteiger partial charge < -0.3 is 9.73 Å². The van der Waals surface area contributed by atoms with Crippen molar-refractivity contribution in [3.8, 4) is 0 Å². The van der Waals surface area contributed by atoms with Crippen LogP contribution in [0.25, 0.3) is 0 Å². The van der Waals surface area contributed by atoms with E-state index in [1.54, 1.807) is 17.6 Å². The van der Waals surface area contributed by atoms with E-state index in [9.17, 15) is 0 Å². The van der Waals surface area contributed by atoms with Crippen molar-refractivity contribution < 1.29 is 4.42 Å². The predicted octanol–water partition coefficient (Wildman–Crippen LogP) is 2.77. The molecule has 0 bridgehead atoms. The van der Waals surface area contributed by atoms with Gasteiger partial charge in [0.15, 0.2) is 0 Å². The number of aryl methyl sites for hydroxylation is 1. The van der Waals surface area contributed by atoms with Crippen molar-refractivity contribution >= 4 is 11.3 Å². The average Bonchev–Trinajstić information content (AvgIpc) is 2.87. The maximum absolute atomic E-state index is 5.31. The van der Waals surface area contributed by atoms with E-state index in [1.165, 1.54) is 0 Å². The second kappa shape index (κ2) is 5.27. The highest BCUT2D eigenvalue weighted by Gasteiger charge is 2.06. The number of nitrogens with zero attached hydrogens (tertiary/aromatic N) is 1. The fourth-order valence-electron chi connectivity index (χ4n) is 1.57. The summed E-state index contributed by atoms with van der Waals surface area (Å²) in [5, 5.41) is 6.65. The molecule has 2 aromatic heterocycles. The summed E-state index contributed by atoms with van der Waals surface area (Å²) < 4.78 is 5.31. The molecule has 4 heteroatoms. The molecule has 0 saturated carbocycles. The van der Waals surface area contributed by atoms with E-state index in [1.807, 2.05) is 19.1 Å². The summed E-state index contributed by atoms with van der Waals surface area (Å²) in [4.78, 5) is 4.41. The molecule has 2 rings (SSSR count). The molecule has 0 aliphatic rings. The largest absolute Gasteiger partial charge is 0.469 e. The second-order valence-electron chi connectivity index (χ2n) is 3.92. The van der Waals surface area contributed by atoms with Gasteiger partial charge in [0.2, 0.25) is 0 Å². The molecular weight excluding hydrogens is 220 g/mol. The van der Waals surface area contributed by atoms with Crippen molar-refractivity contribution in [2.45, 2.75) is 32.9 Å². The highest BCUT2D eigenvalue weighted by atomic mass is 32.1. The summed E-state index contributed by atoms with van der Waals surface area (Å²) >= 11 is 1.69. The first-order chi connectivity index (χ1) is 7.74. The second-order valence-corrected chi connectivity index (χ2v) is 4.99. The van der Waals surface area contributed by atoms with Crippen LogP contribution in [0.2, 0.25) is 0 Å². The van der Waals surface area contributed by atoms with E-state index >= 15 is 0 Å². The predicted molar refractivity (Wildman–Crippen MR) is 65.6 cm³/mol. The Labute approximate surface area is 99.5 Å². The Hall–Kier alpha value is -1.13. The molecule has 3 nitrogen and oxygen atoms in total. The number of hydrogen-bond donors (Lipinski definition) is 1. The molecule has 1 atom stereocenters. The Bertz CT molecular complexity index is 422. The summed E-state index contributed by atoms with van der Waals surface area (Å²) in [5.74, 6) is 1.02. The van der Waals surface area contributed by atoms with Crippen molar-refractivity contribution in [2.24, 2.45) is 0 Å². The number of rotatable bonds is 5. The van der Waals surface area contributed by atoms with Gasteiger partial charge in [-0.15, -0.1) is 11.3 Å². The number of furan rings is 1. The van der Waals surface area contributed by atoms with E-state index < -0.39 is 0 Å². The average molecular weight is 236 g/mol. The molecule has 0 spiro atoms. The minimum Gasteiger partial charge on any atom is -0.469 e. The molecule has 0 radical (unpaired) electrons. The number of thiazole rings is 1. The van der Waals surface area contributed by atoms with Crippen molar-refractivity contribution in [3.05, 3.63) is 40.2 Å². The lowest BCUT2D eigenvalue weighted by Crippen LogP contribution is -2.27. The fraction of sp³-hybridized carbons (Fsp3) is 0.417. The third-order valence-corrected chi connectivity index (χ3v) is 3.21. The van der Waals surface area contributed by atoms with Crippen LogP contribution in [0.4, 0.5) is 0 Å². The quantitative estimate of drug-likeness (QED) is 0.867. The fourth-order valence-corrected chi connectivity index (χ4v) is 2.18. The maximum atomic E-state index is 5.31. The van der Waals surface area contributed by atoms with Crippen LogP contribution < -0.4 is 5.32 Å². The first kappa shape index (κ1) is 11.4. The Kier molecular flexibility index (Phi) is 3.74. The summed E-state index contributed by atoms with van der Waals surface area (Å²) in [5.41, 5.74) is 1.12. The van der Waals surface area contributed by atoms with E-state index in [-0.39, 0.29) is 0 Å². The molecule has 0 aliphatic carbocycles. The van der Waals surface area contributed by atoms with E-state index in [4.69, 9.17) is 4.42 Å². The SMILES string of the molecule is Cc1nc(CNC(C)Cc2ccco2)cs1. The first-order valence-corrected chi connectivity index (χ1v) is 6.29. The Balaban J connectivity index is 1.77. The standard InChI is InChI=1S/C12H16N2OS/c1-9(6-12-4-3-5-15-12)13-7-11-8-16-10(2)14-11/h3-5,8-9,13H,6-7H2,1-2H3. The number of nitrogens with one attached hydrogen (secondary N) is 1. The molecule has 0 fully saturated rings. The summed E-state index contributed by atoms with van der Waals surface area (Å²) in [6.07, 6.45) is 2.63. The minimum atomic E-state index is 0.396. The molecule has 0 aromatic carbocycles. The van der Waals surface area contributed by atoms with Crippen LogP contribution in [0.1, 0.15) is 23.4 Å². The van der Waals surface area contributed by atoms with Crippen LogP contribution in [-0.4, -0.2) is 11.0 Å². The molecule has 1 unspecified atom stereocenters. The van der Waals surface area contributed by atoms with Crippen LogP contribution in [0.3, 0.4) is 0 Å². The zero-order valence-corrected chi connectivity index (χ0v) is 10.4. The molecule has 0 aliphatic heterocycles. The summed E-state index contributed by atoms with van der Waals surface area (Å²) in [7, 11) is 0. The number of hydrogen-bond acceptors (Lipinski definition) is 4. The first-order valence-electron chi connectivity index (χ1n) is 5.41. The molecule has 0 saturated heterocycles. The normalized spacial score (nSPS) is 12.9. The van der Waals surface area contributed by atoms with Gasteiger partial charge in [0.25, 0.3) is 0 Å². The van der Waals surface area contributed by atoms with Crippen molar-refractivity contribution in [2.75, 3.05) is 0 Å². The smallest absolute Gasteiger partial charge is 0.105 e. The van der Waals surface area contributed by atoms with Gasteiger partial charge in [-0.05, 0) is 26.0 Å². The monoisotopic (exact) mass is 236 g/mol. The van der Waals surface area contributed by atoms with Gasteiger partial charge in [0, 0.05) is 24.4 Å². The van der Waals surface area contributed by atoms with Crippen LogP contribution in [0, 0.1) is 6.92 Å². The van der Waals surface area contributed by atoms with Crippen LogP contribution in [-0.2, 0) is 13.0 Å². The highest BCUT2D eigenvalue weighted by molar-refractivity contribution is 7.09. The van der Waals surface area contributed by atoms with Gasteiger partial charge in [-0.25, -0.2) is 4.98 Å². The molecule has 16 heavy (non-hydrogen) atoms. The van der Waals surface area contributed by atoms with Crippen LogP contribution >= 0.6 is 11.3 Å². The number of aromatic nitrogens is 1. The lowest BCUT2D eigenvalue weighted by atomic mass is 10.2. The van der Waals surface area contributed by atoms with Crippen molar-refractivity contribution in [1.82, 2.24) is 10.3 Å². The molecule has 2 heterocycles. The van der Waals surface area contributed by atoms with E-state index in [0.717, 1.165) is 29.4 Å². The zero-order valence-electron chi connectivity index (χ0n) is 9.56.